The molecule has 1 aliphatic heterocycles. The fraction of sp³-hybridized carbons (Fsp3) is 0.292. The summed E-state index contributed by atoms with van der Waals surface area (Å²) in [5.41, 5.74) is 3.74. The molecule has 0 spiro atoms. The lowest BCUT2D eigenvalue weighted by Crippen LogP contribution is -2.44. The van der Waals surface area contributed by atoms with E-state index in [1.165, 1.54) is 0 Å². The summed E-state index contributed by atoms with van der Waals surface area (Å²) in [4.78, 5) is 13.0. The Labute approximate surface area is 182 Å². The predicted octanol–water partition coefficient (Wildman–Crippen LogP) is 4.00. The lowest BCUT2D eigenvalue weighted by molar-refractivity contribution is 0.313. The lowest BCUT2D eigenvalue weighted by atomic mass is 10.1. The van der Waals surface area contributed by atoms with E-state index in [-0.39, 0.29) is 0 Å². The van der Waals surface area contributed by atoms with E-state index < -0.39 is 15.1 Å². The van der Waals surface area contributed by atoms with Crippen molar-refractivity contribution in [2.24, 2.45) is 0 Å². The third-order valence-corrected chi connectivity index (χ3v) is 8.48. The summed E-state index contributed by atoms with van der Waals surface area (Å²) in [5.74, 6) is 0. The summed E-state index contributed by atoms with van der Waals surface area (Å²) in [6.45, 7) is 5.72. The van der Waals surface area contributed by atoms with E-state index in [0.29, 0.717) is 4.90 Å². The number of H-pyrrole nitrogens is 1. The Bertz CT molecular complexity index is 1340. The fourth-order valence-electron chi connectivity index (χ4n) is 4.37. The number of hydrogen-bond donors (Lipinski definition) is 1. The second-order valence-electron chi connectivity index (χ2n) is 8.27. The number of sulfone groups is 1. The van der Waals surface area contributed by atoms with Gasteiger partial charge in [-0.1, -0.05) is 24.3 Å². The minimum atomic E-state index is -3.48. The van der Waals surface area contributed by atoms with Crippen molar-refractivity contribution in [1.82, 2.24) is 14.9 Å². The second kappa shape index (κ2) is 7.66. The number of anilines is 1. The SMILES string of the molecule is CC(c1ccc2[nH]c3nccc(N4CCN(C)CC4)c3c2c1)S(=O)(=O)c1ccccc1. The van der Waals surface area contributed by atoms with Crippen LogP contribution in [0.2, 0.25) is 0 Å². The summed E-state index contributed by atoms with van der Waals surface area (Å²) in [5, 5.41) is 1.44. The van der Waals surface area contributed by atoms with Crippen molar-refractivity contribution in [3.05, 3.63) is 66.4 Å². The van der Waals surface area contributed by atoms with Gasteiger partial charge in [-0.15, -0.1) is 0 Å². The first kappa shape index (κ1) is 20.0. The van der Waals surface area contributed by atoms with Crippen LogP contribution in [-0.2, 0) is 9.84 Å². The monoisotopic (exact) mass is 434 g/mol. The molecule has 1 unspecified atom stereocenters. The molecule has 2 aromatic carbocycles. The average Bonchev–Trinajstić information content (AvgIpc) is 3.17. The molecule has 160 valence electrons. The Balaban J connectivity index is 1.61. The maximum Gasteiger partial charge on any atom is 0.185 e. The number of hydrogen-bond acceptors (Lipinski definition) is 5. The molecule has 0 saturated carbocycles. The van der Waals surface area contributed by atoms with Crippen LogP contribution < -0.4 is 4.90 Å². The molecule has 2 aromatic heterocycles. The molecule has 0 amide bonds. The number of nitrogens with one attached hydrogen (secondary N) is 1. The minimum absolute atomic E-state index is 0.348. The Hall–Kier alpha value is -2.90. The van der Waals surface area contributed by atoms with Gasteiger partial charge < -0.3 is 14.8 Å². The summed E-state index contributed by atoms with van der Waals surface area (Å²) < 4.78 is 26.4. The number of fused-ring (bicyclic) bond motifs is 3. The Morgan fingerprint density at radius 1 is 1.00 bits per heavy atom. The van der Waals surface area contributed by atoms with Gasteiger partial charge in [0, 0.05) is 48.7 Å². The van der Waals surface area contributed by atoms with Gasteiger partial charge in [0.2, 0.25) is 0 Å². The molecule has 4 aromatic rings. The molecule has 0 radical (unpaired) electrons. The van der Waals surface area contributed by atoms with Crippen molar-refractivity contribution in [1.29, 1.82) is 0 Å². The highest BCUT2D eigenvalue weighted by molar-refractivity contribution is 7.91. The molecule has 5 rings (SSSR count). The molecule has 6 nitrogen and oxygen atoms in total. The quantitative estimate of drug-likeness (QED) is 0.526. The molecule has 0 bridgehead atoms. The normalized spacial score (nSPS) is 16.8. The van der Waals surface area contributed by atoms with Crippen LogP contribution in [0.4, 0.5) is 5.69 Å². The van der Waals surface area contributed by atoms with E-state index >= 15 is 0 Å². The first-order valence-electron chi connectivity index (χ1n) is 10.6. The second-order valence-corrected chi connectivity index (χ2v) is 10.5. The molecule has 0 aliphatic carbocycles. The van der Waals surface area contributed by atoms with E-state index in [1.807, 2.05) is 30.5 Å². The van der Waals surface area contributed by atoms with E-state index in [1.54, 1.807) is 31.2 Å². The van der Waals surface area contributed by atoms with Crippen molar-refractivity contribution in [3.63, 3.8) is 0 Å². The lowest BCUT2D eigenvalue weighted by Gasteiger charge is -2.34. The number of aromatic nitrogens is 2. The highest BCUT2D eigenvalue weighted by Gasteiger charge is 2.26. The van der Waals surface area contributed by atoms with Crippen LogP contribution in [0.5, 0.6) is 0 Å². The van der Waals surface area contributed by atoms with Crippen molar-refractivity contribution in [2.75, 3.05) is 38.1 Å². The van der Waals surface area contributed by atoms with Gasteiger partial charge in [-0.2, -0.15) is 0 Å². The third kappa shape index (κ3) is 3.47. The van der Waals surface area contributed by atoms with Gasteiger partial charge in [0.25, 0.3) is 0 Å². The zero-order chi connectivity index (χ0) is 21.6. The van der Waals surface area contributed by atoms with E-state index in [4.69, 9.17) is 0 Å². The van der Waals surface area contributed by atoms with Crippen LogP contribution in [0.25, 0.3) is 21.9 Å². The molecule has 3 heterocycles. The number of pyridine rings is 1. The molecule has 1 fully saturated rings. The molecule has 7 heteroatoms. The van der Waals surface area contributed by atoms with Crippen LogP contribution in [0.15, 0.2) is 65.7 Å². The van der Waals surface area contributed by atoms with Crippen LogP contribution in [0.1, 0.15) is 17.7 Å². The average molecular weight is 435 g/mol. The first-order valence-corrected chi connectivity index (χ1v) is 12.1. The molecule has 1 aliphatic rings. The highest BCUT2D eigenvalue weighted by Crippen LogP contribution is 2.36. The van der Waals surface area contributed by atoms with Gasteiger partial charge in [0.05, 0.1) is 15.8 Å². The topological polar surface area (TPSA) is 69.3 Å². The maximum absolute atomic E-state index is 13.2. The van der Waals surface area contributed by atoms with Gasteiger partial charge in [-0.05, 0) is 49.9 Å². The van der Waals surface area contributed by atoms with Gasteiger partial charge in [0.1, 0.15) is 5.65 Å². The van der Waals surface area contributed by atoms with E-state index in [9.17, 15) is 8.42 Å². The first-order chi connectivity index (χ1) is 14.9. The summed E-state index contributed by atoms with van der Waals surface area (Å²) >= 11 is 0. The van der Waals surface area contributed by atoms with Crippen LogP contribution in [0, 0.1) is 0 Å². The van der Waals surface area contributed by atoms with Gasteiger partial charge in [0.15, 0.2) is 9.84 Å². The number of aromatic amines is 1. The van der Waals surface area contributed by atoms with E-state index in [0.717, 1.165) is 59.4 Å². The molecule has 1 N–H and O–H groups in total. The number of nitrogens with zero attached hydrogens (tertiary/aromatic N) is 3. The Morgan fingerprint density at radius 3 is 2.48 bits per heavy atom. The molecule has 1 atom stereocenters. The number of rotatable bonds is 4. The van der Waals surface area contributed by atoms with Crippen molar-refractivity contribution < 1.29 is 8.42 Å². The predicted molar refractivity (Wildman–Crippen MR) is 125 cm³/mol. The Morgan fingerprint density at radius 2 is 1.74 bits per heavy atom. The summed E-state index contributed by atoms with van der Waals surface area (Å²) in [7, 11) is -1.33. The van der Waals surface area contributed by atoms with Crippen molar-refractivity contribution in [3.8, 4) is 0 Å². The van der Waals surface area contributed by atoms with Gasteiger partial charge in [-0.3, -0.25) is 0 Å². The van der Waals surface area contributed by atoms with Gasteiger partial charge >= 0.3 is 0 Å². The van der Waals surface area contributed by atoms with Crippen molar-refractivity contribution in [2.45, 2.75) is 17.1 Å². The van der Waals surface area contributed by atoms with Crippen LogP contribution >= 0.6 is 0 Å². The third-order valence-electron chi connectivity index (χ3n) is 6.35. The molecule has 1 saturated heterocycles. The largest absolute Gasteiger partial charge is 0.368 e. The standard InChI is InChI=1S/C24H26N4O2S/c1-17(31(29,30)19-6-4-3-5-7-19)18-8-9-21-20(16-18)23-22(10-11-25-24(23)26-21)28-14-12-27(2)13-15-28/h3-11,16-17H,12-15H2,1-2H3,(H,25,26). The minimum Gasteiger partial charge on any atom is -0.368 e. The molecular weight excluding hydrogens is 408 g/mol. The number of likely N-dealkylation sites (N-methyl/N-ethyl adjacent to an activating group) is 1. The highest BCUT2D eigenvalue weighted by atomic mass is 32.2. The van der Waals surface area contributed by atoms with Crippen LogP contribution in [0.3, 0.4) is 0 Å². The fourth-order valence-corrected chi connectivity index (χ4v) is 5.82. The zero-order valence-electron chi connectivity index (χ0n) is 17.7. The number of benzene rings is 2. The Kier molecular flexibility index (Phi) is 4.95. The van der Waals surface area contributed by atoms with E-state index in [2.05, 4.69) is 32.9 Å². The zero-order valence-corrected chi connectivity index (χ0v) is 18.6. The van der Waals surface area contributed by atoms with Gasteiger partial charge in [-0.25, -0.2) is 13.4 Å². The summed E-state index contributed by atoms with van der Waals surface area (Å²) in [6.07, 6.45) is 1.84. The summed E-state index contributed by atoms with van der Waals surface area (Å²) in [6, 6.07) is 16.6. The van der Waals surface area contributed by atoms with Crippen LogP contribution in [-0.4, -0.2) is 56.5 Å². The molecule has 31 heavy (non-hydrogen) atoms. The molecular formula is C24H26N4O2S. The smallest absolute Gasteiger partial charge is 0.185 e. The maximum atomic E-state index is 13.2. The van der Waals surface area contributed by atoms with Crippen molar-refractivity contribution >= 4 is 37.5 Å². The number of piperazine rings is 1.